The second kappa shape index (κ2) is 8.61. The highest BCUT2D eigenvalue weighted by Gasteiger charge is 2.35. The van der Waals surface area contributed by atoms with Gasteiger partial charge in [0.2, 0.25) is 9.84 Å². The summed E-state index contributed by atoms with van der Waals surface area (Å²) in [6.45, 7) is 8.09. The quantitative estimate of drug-likeness (QED) is 0.608. The van der Waals surface area contributed by atoms with Crippen molar-refractivity contribution in [3.63, 3.8) is 0 Å². The molecule has 7 nitrogen and oxygen atoms in total. The summed E-state index contributed by atoms with van der Waals surface area (Å²) < 4.78 is 26.9. The highest BCUT2D eigenvalue weighted by atomic mass is 32.2. The van der Waals surface area contributed by atoms with Crippen LogP contribution >= 0.6 is 0 Å². The van der Waals surface area contributed by atoms with Crippen molar-refractivity contribution in [2.24, 2.45) is 0 Å². The first-order valence-corrected chi connectivity index (χ1v) is 11.9. The number of aromatic nitrogens is 2. The average molecular weight is 436 g/mol. The van der Waals surface area contributed by atoms with Gasteiger partial charge < -0.3 is 9.80 Å². The second-order valence-electron chi connectivity index (χ2n) is 7.71. The van der Waals surface area contributed by atoms with E-state index in [1.54, 1.807) is 30.3 Å². The zero-order chi connectivity index (χ0) is 22.0. The SMILES string of the molecule is CCN1CCN(c2nc3ccccc3nc2[C@H](C#N)S(=O)(=O)c2ccc(C)cc2)CC1. The van der Waals surface area contributed by atoms with Crippen LogP contribution in [0.1, 0.15) is 23.4 Å². The molecule has 0 bridgehead atoms. The monoisotopic (exact) mass is 435 g/mol. The molecule has 0 saturated carbocycles. The number of sulfone groups is 1. The van der Waals surface area contributed by atoms with Gasteiger partial charge in [0.15, 0.2) is 11.1 Å². The number of aryl methyl sites for hydroxylation is 1. The molecule has 0 spiro atoms. The van der Waals surface area contributed by atoms with E-state index in [1.165, 1.54) is 0 Å². The van der Waals surface area contributed by atoms with Crippen molar-refractivity contribution < 1.29 is 8.42 Å². The summed E-state index contributed by atoms with van der Waals surface area (Å²) in [5.41, 5.74) is 2.41. The number of anilines is 1. The molecular weight excluding hydrogens is 410 g/mol. The fourth-order valence-electron chi connectivity index (χ4n) is 3.83. The minimum absolute atomic E-state index is 0.112. The molecule has 1 aliphatic rings. The third-order valence-corrected chi connectivity index (χ3v) is 7.60. The van der Waals surface area contributed by atoms with E-state index in [0.29, 0.717) is 29.9 Å². The van der Waals surface area contributed by atoms with Gasteiger partial charge in [0.05, 0.1) is 22.0 Å². The van der Waals surface area contributed by atoms with Gasteiger partial charge in [-0.15, -0.1) is 0 Å². The maximum atomic E-state index is 13.4. The fourth-order valence-corrected chi connectivity index (χ4v) is 5.21. The van der Waals surface area contributed by atoms with E-state index in [1.807, 2.05) is 31.2 Å². The Balaban J connectivity index is 1.84. The molecule has 1 aliphatic heterocycles. The van der Waals surface area contributed by atoms with Crippen molar-refractivity contribution in [2.75, 3.05) is 37.6 Å². The van der Waals surface area contributed by atoms with Crippen molar-refractivity contribution in [3.8, 4) is 6.07 Å². The summed E-state index contributed by atoms with van der Waals surface area (Å²) >= 11 is 0. The number of fused-ring (bicyclic) bond motifs is 1. The first-order valence-electron chi connectivity index (χ1n) is 10.4. The van der Waals surface area contributed by atoms with Crippen molar-refractivity contribution >= 4 is 26.7 Å². The van der Waals surface area contributed by atoms with Crippen molar-refractivity contribution in [1.82, 2.24) is 14.9 Å². The van der Waals surface area contributed by atoms with Gasteiger partial charge in [-0.1, -0.05) is 36.8 Å². The summed E-state index contributed by atoms with van der Waals surface area (Å²) in [7, 11) is -3.97. The van der Waals surface area contributed by atoms with Crippen LogP contribution in [-0.2, 0) is 9.84 Å². The van der Waals surface area contributed by atoms with Gasteiger partial charge in [-0.25, -0.2) is 18.4 Å². The molecule has 0 N–H and O–H groups in total. The number of nitrogens with zero attached hydrogens (tertiary/aromatic N) is 5. The van der Waals surface area contributed by atoms with Gasteiger partial charge in [-0.3, -0.25) is 0 Å². The van der Waals surface area contributed by atoms with Crippen LogP contribution in [0.2, 0.25) is 0 Å². The van der Waals surface area contributed by atoms with Crippen LogP contribution in [0, 0.1) is 18.3 Å². The molecular formula is C23H25N5O2S. The molecule has 160 valence electrons. The predicted octanol–water partition coefficient (Wildman–Crippen LogP) is 3.12. The Labute approximate surface area is 182 Å². The Hall–Kier alpha value is -3.02. The van der Waals surface area contributed by atoms with E-state index >= 15 is 0 Å². The van der Waals surface area contributed by atoms with E-state index in [0.717, 1.165) is 25.2 Å². The first-order chi connectivity index (χ1) is 14.9. The Morgan fingerprint density at radius 3 is 2.19 bits per heavy atom. The van der Waals surface area contributed by atoms with E-state index in [-0.39, 0.29) is 10.6 Å². The van der Waals surface area contributed by atoms with Gasteiger partial charge in [0, 0.05) is 26.2 Å². The lowest BCUT2D eigenvalue weighted by molar-refractivity contribution is 0.270. The minimum atomic E-state index is -3.97. The van der Waals surface area contributed by atoms with Crippen LogP contribution in [0.4, 0.5) is 5.82 Å². The molecule has 1 fully saturated rings. The number of piperazine rings is 1. The molecule has 8 heteroatoms. The fraction of sp³-hybridized carbons (Fsp3) is 0.348. The summed E-state index contributed by atoms with van der Waals surface area (Å²) in [6.07, 6.45) is 0. The maximum Gasteiger partial charge on any atom is 0.200 e. The van der Waals surface area contributed by atoms with Crippen molar-refractivity contribution in [1.29, 1.82) is 5.26 Å². The third kappa shape index (κ3) is 4.11. The highest BCUT2D eigenvalue weighted by Crippen LogP contribution is 2.34. The summed E-state index contributed by atoms with van der Waals surface area (Å²) in [6, 6.07) is 15.9. The van der Waals surface area contributed by atoms with E-state index in [9.17, 15) is 13.7 Å². The van der Waals surface area contributed by atoms with Gasteiger partial charge >= 0.3 is 0 Å². The topological polar surface area (TPSA) is 90.2 Å². The number of likely N-dealkylation sites (N-methyl/N-ethyl adjacent to an activating group) is 1. The summed E-state index contributed by atoms with van der Waals surface area (Å²) in [5.74, 6) is 0.483. The number of para-hydroxylation sites is 2. The lowest BCUT2D eigenvalue weighted by Crippen LogP contribution is -2.47. The van der Waals surface area contributed by atoms with Gasteiger partial charge in [-0.2, -0.15) is 5.26 Å². The molecule has 1 atom stereocenters. The molecule has 0 radical (unpaired) electrons. The van der Waals surface area contributed by atoms with Crippen LogP contribution in [0.5, 0.6) is 0 Å². The van der Waals surface area contributed by atoms with Crippen molar-refractivity contribution in [2.45, 2.75) is 24.0 Å². The van der Waals surface area contributed by atoms with Crippen LogP contribution in [0.15, 0.2) is 53.4 Å². The Morgan fingerprint density at radius 2 is 1.61 bits per heavy atom. The lowest BCUT2D eigenvalue weighted by atomic mass is 10.2. The molecule has 4 rings (SSSR count). The standard InChI is InChI=1S/C23H25N5O2S/c1-3-27-12-14-28(15-13-27)23-22(25-19-6-4-5-7-20(19)26-23)21(16-24)31(29,30)18-10-8-17(2)9-11-18/h4-11,21H,3,12-15H2,1-2H3/t21-/m0/s1. The zero-order valence-electron chi connectivity index (χ0n) is 17.7. The van der Waals surface area contributed by atoms with E-state index in [4.69, 9.17) is 4.98 Å². The Bertz CT molecular complexity index is 1230. The molecule has 3 aromatic rings. The Morgan fingerprint density at radius 1 is 1.00 bits per heavy atom. The molecule has 1 aromatic heterocycles. The maximum absolute atomic E-state index is 13.4. The van der Waals surface area contributed by atoms with Crippen molar-refractivity contribution in [3.05, 3.63) is 59.8 Å². The largest absolute Gasteiger partial charge is 0.352 e. The Kier molecular flexibility index (Phi) is 5.90. The van der Waals surface area contributed by atoms with Crippen LogP contribution in [0.25, 0.3) is 11.0 Å². The van der Waals surface area contributed by atoms with E-state index < -0.39 is 15.1 Å². The average Bonchev–Trinajstić information content (AvgIpc) is 2.79. The molecule has 0 aliphatic carbocycles. The molecule has 2 aromatic carbocycles. The van der Waals surface area contributed by atoms with Gasteiger partial charge in [0.1, 0.15) is 5.69 Å². The number of rotatable bonds is 5. The van der Waals surface area contributed by atoms with Crippen LogP contribution in [0.3, 0.4) is 0 Å². The van der Waals surface area contributed by atoms with Crippen LogP contribution in [-0.4, -0.2) is 56.0 Å². The molecule has 0 amide bonds. The van der Waals surface area contributed by atoms with Gasteiger partial charge in [0.25, 0.3) is 0 Å². The first kappa shape index (κ1) is 21.2. The molecule has 2 heterocycles. The van der Waals surface area contributed by atoms with E-state index in [2.05, 4.69) is 21.7 Å². The number of hydrogen-bond donors (Lipinski definition) is 0. The highest BCUT2D eigenvalue weighted by molar-refractivity contribution is 7.92. The summed E-state index contributed by atoms with van der Waals surface area (Å²) in [4.78, 5) is 13.9. The molecule has 31 heavy (non-hydrogen) atoms. The van der Waals surface area contributed by atoms with Gasteiger partial charge in [-0.05, 0) is 37.7 Å². The van der Waals surface area contributed by atoms with Crippen LogP contribution < -0.4 is 4.90 Å². The number of benzene rings is 2. The minimum Gasteiger partial charge on any atom is -0.352 e. The third-order valence-electron chi connectivity index (χ3n) is 5.72. The molecule has 0 unspecified atom stereocenters. The number of hydrogen-bond acceptors (Lipinski definition) is 7. The predicted molar refractivity (Wildman–Crippen MR) is 121 cm³/mol. The summed E-state index contributed by atoms with van der Waals surface area (Å²) in [5, 5.41) is 8.54. The lowest BCUT2D eigenvalue weighted by Gasteiger charge is -2.35. The normalized spacial score (nSPS) is 16.2. The molecule has 1 saturated heterocycles. The smallest absolute Gasteiger partial charge is 0.200 e. The number of nitriles is 1. The zero-order valence-corrected chi connectivity index (χ0v) is 18.5. The second-order valence-corrected chi connectivity index (χ2v) is 9.74.